The van der Waals surface area contributed by atoms with Gasteiger partial charge in [0.15, 0.2) is 6.61 Å². The number of carboxylic acid groups (broad SMARTS) is 1. The summed E-state index contributed by atoms with van der Waals surface area (Å²) in [6.07, 6.45) is 3.38. The number of hydrogen-bond acceptors (Lipinski definition) is 3. The normalized spacial score (nSPS) is 11.4. The summed E-state index contributed by atoms with van der Waals surface area (Å²) in [6.45, 7) is 5.51. The standard InChI is InChI=1S/C15H17FN2O3/c1-15(2,3)18-8-10(7-17-18)12-6-11(16)4-5-13(12)21-9-14(19)20/h4-8H,9H2,1-3H3,(H,19,20). The van der Waals surface area contributed by atoms with E-state index in [1.54, 1.807) is 17.1 Å². The number of halogens is 1. The Bertz CT molecular complexity index is 659. The van der Waals surface area contributed by atoms with Gasteiger partial charge in [0.25, 0.3) is 0 Å². The molecule has 1 N–H and O–H groups in total. The van der Waals surface area contributed by atoms with Crippen molar-refractivity contribution < 1.29 is 19.0 Å². The van der Waals surface area contributed by atoms with Crippen molar-refractivity contribution in [2.24, 2.45) is 0 Å². The minimum atomic E-state index is -1.09. The molecule has 0 radical (unpaired) electrons. The average Bonchev–Trinajstić information content (AvgIpc) is 2.86. The molecule has 0 spiro atoms. The molecule has 6 heteroatoms. The third-order valence-corrected chi connectivity index (χ3v) is 2.87. The second-order valence-electron chi connectivity index (χ2n) is 5.67. The van der Waals surface area contributed by atoms with E-state index in [0.717, 1.165) is 0 Å². The highest BCUT2D eigenvalue weighted by Crippen LogP contribution is 2.31. The lowest BCUT2D eigenvalue weighted by Gasteiger charge is -2.18. The van der Waals surface area contributed by atoms with Crippen LogP contribution in [-0.4, -0.2) is 27.5 Å². The van der Waals surface area contributed by atoms with E-state index < -0.39 is 18.4 Å². The Hall–Kier alpha value is -2.37. The maximum absolute atomic E-state index is 13.5. The Kier molecular flexibility index (Phi) is 3.97. The van der Waals surface area contributed by atoms with Crippen molar-refractivity contribution in [3.63, 3.8) is 0 Å². The zero-order valence-electron chi connectivity index (χ0n) is 12.1. The van der Waals surface area contributed by atoms with E-state index in [-0.39, 0.29) is 5.54 Å². The minimum absolute atomic E-state index is 0.201. The Morgan fingerprint density at radius 2 is 2.14 bits per heavy atom. The topological polar surface area (TPSA) is 64.3 Å². The minimum Gasteiger partial charge on any atom is -0.481 e. The molecule has 5 nitrogen and oxygen atoms in total. The maximum Gasteiger partial charge on any atom is 0.341 e. The molecule has 0 unspecified atom stereocenters. The van der Waals surface area contributed by atoms with Gasteiger partial charge in [0.1, 0.15) is 11.6 Å². The Morgan fingerprint density at radius 1 is 1.43 bits per heavy atom. The van der Waals surface area contributed by atoms with Crippen LogP contribution >= 0.6 is 0 Å². The van der Waals surface area contributed by atoms with Crippen LogP contribution in [0.25, 0.3) is 11.1 Å². The van der Waals surface area contributed by atoms with Crippen LogP contribution in [0.1, 0.15) is 20.8 Å². The molecular formula is C15H17FN2O3. The Balaban J connectivity index is 2.39. The van der Waals surface area contributed by atoms with E-state index in [9.17, 15) is 9.18 Å². The number of rotatable bonds is 4. The molecule has 0 amide bonds. The van der Waals surface area contributed by atoms with Crippen molar-refractivity contribution in [2.75, 3.05) is 6.61 Å². The monoisotopic (exact) mass is 292 g/mol. The fraction of sp³-hybridized carbons (Fsp3) is 0.333. The second-order valence-corrected chi connectivity index (χ2v) is 5.67. The van der Waals surface area contributed by atoms with Gasteiger partial charge in [-0.2, -0.15) is 5.10 Å². The summed E-state index contributed by atoms with van der Waals surface area (Å²) in [5, 5.41) is 12.9. The highest BCUT2D eigenvalue weighted by atomic mass is 19.1. The summed E-state index contributed by atoms with van der Waals surface area (Å²) in [6, 6.07) is 3.96. The number of hydrogen-bond donors (Lipinski definition) is 1. The van der Waals surface area contributed by atoms with Gasteiger partial charge in [0.2, 0.25) is 0 Å². The number of nitrogens with zero attached hydrogens (tertiary/aromatic N) is 2. The van der Waals surface area contributed by atoms with Crippen LogP contribution < -0.4 is 4.74 Å². The highest BCUT2D eigenvalue weighted by molar-refractivity contribution is 5.72. The quantitative estimate of drug-likeness (QED) is 0.941. The molecule has 0 saturated carbocycles. The molecule has 21 heavy (non-hydrogen) atoms. The average molecular weight is 292 g/mol. The summed E-state index contributed by atoms with van der Waals surface area (Å²) in [4.78, 5) is 10.6. The second kappa shape index (κ2) is 5.55. The van der Waals surface area contributed by atoms with Crippen molar-refractivity contribution in [3.05, 3.63) is 36.4 Å². The lowest BCUT2D eigenvalue weighted by atomic mass is 10.1. The van der Waals surface area contributed by atoms with E-state index in [0.29, 0.717) is 16.9 Å². The third-order valence-electron chi connectivity index (χ3n) is 2.87. The molecule has 0 aliphatic carbocycles. The molecule has 1 aromatic carbocycles. The van der Waals surface area contributed by atoms with Crippen molar-refractivity contribution >= 4 is 5.97 Å². The van der Waals surface area contributed by atoms with E-state index in [1.807, 2.05) is 20.8 Å². The predicted molar refractivity (Wildman–Crippen MR) is 75.7 cm³/mol. The van der Waals surface area contributed by atoms with Crippen LogP contribution in [0, 0.1) is 5.82 Å². The molecule has 0 aliphatic rings. The molecule has 0 aliphatic heterocycles. The van der Waals surface area contributed by atoms with Gasteiger partial charge < -0.3 is 9.84 Å². The van der Waals surface area contributed by atoms with Gasteiger partial charge in [-0.25, -0.2) is 9.18 Å². The molecule has 1 aromatic heterocycles. The zero-order valence-corrected chi connectivity index (χ0v) is 12.1. The Morgan fingerprint density at radius 3 is 2.71 bits per heavy atom. The van der Waals surface area contributed by atoms with Crippen molar-refractivity contribution in [1.29, 1.82) is 0 Å². The van der Waals surface area contributed by atoms with Gasteiger partial charge in [-0.15, -0.1) is 0 Å². The molecule has 2 rings (SSSR count). The summed E-state index contributed by atoms with van der Waals surface area (Å²) in [5.41, 5.74) is 0.949. The van der Waals surface area contributed by atoms with Crippen LogP contribution in [0.3, 0.4) is 0 Å². The fourth-order valence-electron chi connectivity index (χ4n) is 1.82. The van der Waals surface area contributed by atoms with Gasteiger partial charge in [-0.1, -0.05) is 0 Å². The summed E-state index contributed by atoms with van der Waals surface area (Å²) >= 11 is 0. The van der Waals surface area contributed by atoms with Crippen molar-refractivity contribution in [1.82, 2.24) is 9.78 Å². The number of benzene rings is 1. The molecule has 2 aromatic rings. The lowest BCUT2D eigenvalue weighted by molar-refractivity contribution is -0.139. The van der Waals surface area contributed by atoms with Gasteiger partial charge >= 0.3 is 5.97 Å². The first-order valence-corrected chi connectivity index (χ1v) is 6.47. The number of carbonyl (C=O) groups is 1. The summed E-state index contributed by atoms with van der Waals surface area (Å²) in [7, 11) is 0. The van der Waals surface area contributed by atoms with Gasteiger partial charge in [-0.3, -0.25) is 4.68 Å². The fourth-order valence-corrected chi connectivity index (χ4v) is 1.82. The van der Waals surface area contributed by atoms with E-state index in [1.165, 1.54) is 18.2 Å². The molecule has 1 heterocycles. The summed E-state index contributed by atoms with van der Waals surface area (Å²) < 4.78 is 20.4. The van der Waals surface area contributed by atoms with Gasteiger partial charge in [0.05, 0.1) is 11.7 Å². The zero-order chi connectivity index (χ0) is 15.6. The van der Waals surface area contributed by atoms with Crippen LogP contribution in [0.2, 0.25) is 0 Å². The number of ether oxygens (including phenoxy) is 1. The van der Waals surface area contributed by atoms with E-state index in [4.69, 9.17) is 9.84 Å². The highest BCUT2D eigenvalue weighted by Gasteiger charge is 2.17. The van der Waals surface area contributed by atoms with Crippen LogP contribution in [0.15, 0.2) is 30.6 Å². The van der Waals surface area contributed by atoms with E-state index in [2.05, 4.69) is 5.10 Å². The van der Waals surface area contributed by atoms with Crippen molar-refractivity contribution in [2.45, 2.75) is 26.3 Å². The molecular weight excluding hydrogens is 275 g/mol. The molecule has 0 atom stereocenters. The predicted octanol–water partition coefficient (Wildman–Crippen LogP) is 2.91. The smallest absolute Gasteiger partial charge is 0.341 e. The van der Waals surface area contributed by atoms with Crippen molar-refractivity contribution in [3.8, 4) is 16.9 Å². The third kappa shape index (κ3) is 3.59. The SMILES string of the molecule is CC(C)(C)n1cc(-c2cc(F)ccc2OCC(=O)O)cn1. The molecule has 0 bridgehead atoms. The summed E-state index contributed by atoms with van der Waals surface area (Å²) in [5.74, 6) is -1.20. The molecule has 0 fully saturated rings. The largest absolute Gasteiger partial charge is 0.481 e. The van der Waals surface area contributed by atoms with Crippen LogP contribution in [-0.2, 0) is 10.3 Å². The first kappa shape index (κ1) is 15.0. The first-order valence-electron chi connectivity index (χ1n) is 6.47. The van der Waals surface area contributed by atoms with Gasteiger partial charge in [-0.05, 0) is 39.0 Å². The van der Waals surface area contributed by atoms with Gasteiger partial charge in [0, 0.05) is 17.3 Å². The van der Waals surface area contributed by atoms with E-state index >= 15 is 0 Å². The maximum atomic E-state index is 13.5. The Labute approximate surface area is 122 Å². The number of carboxylic acids is 1. The lowest BCUT2D eigenvalue weighted by Crippen LogP contribution is -2.21. The first-order chi connectivity index (χ1) is 9.77. The number of aliphatic carboxylic acids is 1. The molecule has 112 valence electrons. The van der Waals surface area contributed by atoms with Crippen LogP contribution in [0.4, 0.5) is 4.39 Å². The van der Waals surface area contributed by atoms with Crippen LogP contribution in [0.5, 0.6) is 5.75 Å². The number of aromatic nitrogens is 2. The molecule has 0 saturated heterocycles.